The van der Waals surface area contributed by atoms with Gasteiger partial charge in [-0.25, -0.2) is 9.50 Å². The lowest BCUT2D eigenvalue weighted by atomic mass is 10.0. The highest BCUT2D eigenvalue weighted by Gasteiger charge is 2.16. The second kappa shape index (κ2) is 9.90. The van der Waals surface area contributed by atoms with Crippen LogP contribution >= 0.6 is 35.0 Å². The Kier molecular flexibility index (Phi) is 6.98. The van der Waals surface area contributed by atoms with E-state index in [0.29, 0.717) is 28.9 Å². The number of halogens is 2. The van der Waals surface area contributed by atoms with Crippen LogP contribution in [0.5, 0.6) is 0 Å². The summed E-state index contributed by atoms with van der Waals surface area (Å²) in [6.07, 6.45) is 0.660. The van der Waals surface area contributed by atoms with E-state index >= 15 is 0 Å². The van der Waals surface area contributed by atoms with E-state index in [1.807, 2.05) is 56.3 Å². The van der Waals surface area contributed by atoms with Crippen LogP contribution < -0.4 is 5.32 Å². The fraction of sp³-hybridized carbons (Fsp3) is 0.217. The molecule has 4 aromatic rings. The number of aryl methyl sites for hydroxylation is 2. The van der Waals surface area contributed by atoms with E-state index in [1.165, 1.54) is 11.8 Å². The van der Waals surface area contributed by atoms with Crippen LogP contribution in [0, 0.1) is 13.8 Å². The van der Waals surface area contributed by atoms with E-state index in [0.717, 1.165) is 33.1 Å². The number of nitrogens with one attached hydrogen (secondary N) is 1. The molecule has 0 saturated heterocycles. The minimum Gasteiger partial charge on any atom is -0.351 e. The van der Waals surface area contributed by atoms with E-state index in [-0.39, 0.29) is 11.7 Å². The third-order valence-corrected chi connectivity index (χ3v) is 6.70. The number of aromatic nitrogens is 4. The standard InChI is InChI=1S/C23H21Cl2N5OS/c1-14-18(11-16-7-3-5-9-19(16)24)15(2)30-22(27-14)28-23(29-30)32-13-21(31)26-12-17-8-4-6-10-20(17)25/h3-10H,11-13H2,1-2H3,(H,26,31). The molecule has 9 heteroatoms. The molecule has 4 rings (SSSR count). The number of carbonyl (C=O) groups excluding carboxylic acids is 1. The van der Waals surface area contributed by atoms with Crippen LogP contribution in [0.1, 0.15) is 28.1 Å². The summed E-state index contributed by atoms with van der Waals surface area (Å²) in [7, 11) is 0. The zero-order valence-electron chi connectivity index (χ0n) is 17.6. The van der Waals surface area contributed by atoms with Gasteiger partial charge in [0.2, 0.25) is 11.1 Å². The molecule has 0 spiro atoms. The van der Waals surface area contributed by atoms with Crippen molar-refractivity contribution >= 4 is 46.6 Å². The largest absolute Gasteiger partial charge is 0.351 e. The molecule has 0 bridgehead atoms. The molecule has 1 N–H and O–H groups in total. The number of hydrogen-bond donors (Lipinski definition) is 1. The summed E-state index contributed by atoms with van der Waals surface area (Å²) in [4.78, 5) is 21.4. The number of hydrogen-bond acceptors (Lipinski definition) is 5. The number of fused-ring (bicyclic) bond motifs is 1. The van der Waals surface area contributed by atoms with Gasteiger partial charge in [0.25, 0.3) is 5.78 Å². The SMILES string of the molecule is Cc1nc2nc(SCC(=O)NCc3ccccc3Cl)nn2c(C)c1Cc1ccccc1Cl. The third kappa shape index (κ3) is 5.06. The lowest BCUT2D eigenvalue weighted by Gasteiger charge is -2.11. The number of amides is 1. The summed E-state index contributed by atoms with van der Waals surface area (Å²) in [5.74, 6) is 0.599. The fourth-order valence-corrected chi connectivity index (χ4v) is 4.41. The molecule has 0 saturated carbocycles. The van der Waals surface area contributed by atoms with Gasteiger partial charge in [0.05, 0.1) is 5.75 Å². The summed E-state index contributed by atoms with van der Waals surface area (Å²) in [5.41, 5.74) is 4.81. The second-order valence-electron chi connectivity index (χ2n) is 7.29. The number of thioether (sulfide) groups is 1. The first-order valence-electron chi connectivity index (χ1n) is 10.0. The molecule has 164 valence electrons. The van der Waals surface area contributed by atoms with Crippen molar-refractivity contribution in [2.24, 2.45) is 0 Å². The van der Waals surface area contributed by atoms with Gasteiger partial charge >= 0.3 is 0 Å². The molecule has 0 aliphatic heterocycles. The summed E-state index contributed by atoms with van der Waals surface area (Å²) in [6, 6.07) is 15.2. The minimum absolute atomic E-state index is 0.117. The van der Waals surface area contributed by atoms with Gasteiger partial charge in [0.1, 0.15) is 0 Å². The zero-order valence-corrected chi connectivity index (χ0v) is 19.9. The highest BCUT2D eigenvalue weighted by molar-refractivity contribution is 7.99. The van der Waals surface area contributed by atoms with Crippen LogP contribution in [0.2, 0.25) is 10.0 Å². The predicted molar refractivity (Wildman–Crippen MR) is 129 cm³/mol. The molecular weight excluding hydrogens is 465 g/mol. The maximum atomic E-state index is 12.3. The van der Waals surface area contributed by atoms with Crippen LogP contribution in [-0.2, 0) is 17.8 Å². The van der Waals surface area contributed by atoms with Gasteiger partial charge in [0.15, 0.2) is 0 Å². The number of nitrogens with zero attached hydrogens (tertiary/aromatic N) is 4. The van der Waals surface area contributed by atoms with E-state index in [9.17, 15) is 4.79 Å². The van der Waals surface area contributed by atoms with Crippen LogP contribution in [-0.4, -0.2) is 31.2 Å². The van der Waals surface area contributed by atoms with Gasteiger partial charge in [-0.15, -0.1) is 5.10 Å². The molecule has 0 aliphatic carbocycles. The first kappa shape index (κ1) is 22.6. The first-order valence-corrected chi connectivity index (χ1v) is 11.8. The Morgan fingerprint density at radius 1 is 1.00 bits per heavy atom. The fourth-order valence-electron chi connectivity index (χ4n) is 3.36. The summed E-state index contributed by atoms with van der Waals surface area (Å²) in [6.45, 7) is 4.33. The molecular formula is C23H21Cl2N5OS. The van der Waals surface area contributed by atoms with Crippen molar-refractivity contribution < 1.29 is 4.79 Å². The van der Waals surface area contributed by atoms with Crippen LogP contribution in [0.3, 0.4) is 0 Å². The van der Waals surface area contributed by atoms with Crippen molar-refractivity contribution in [2.75, 3.05) is 5.75 Å². The highest BCUT2D eigenvalue weighted by atomic mass is 35.5. The van der Waals surface area contributed by atoms with E-state index in [1.54, 1.807) is 10.6 Å². The Morgan fingerprint density at radius 3 is 2.34 bits per heavy atom. The number of carbonyl (C=O) groups is 1. The maximum Gasteiger partial charge on any atom is 0.253 e. The molecule has 1 amide bonds. The molecule has 0 aliphatic rings. The highest BCUT2D eigenvalue weighted by Crippen LogP contribution is 2.24. The van der Waals surface area contributed by atoms with Gasteiger partial charge in [-0.3, -0.25) is 4.79 Å². The summed E-state index contributed by atoms with van der Waals surface area (Å²) >= 11 is 13.7. The van der Waals surface area contributed by atoms with Gasteiger partial charge in [-0.05, 0) is 42.7 Å². The Hall–Kier alpha value is -2.61. The molecule has 32 heavy (non-hydrogen) atoms. The van der Waals surface area contributed by atoms with Crippen LogP contribution in [0.25, 0.3) is 5.78 Å². The monoisotopic (exact) mass is 485 g/mol. The molecule has 6 nitrogen and oxygen atoms in total. The van der Waals surface area contributed by atoms with Crippen molar-refractivity contribution in [1.29, 1.82) is 0 Å². The average molecular weight is 486 g/mol. The number of rotatable bonds is 7. The van der Waals surface area contributed by atoms with E-state index < -0.39 is 0 Å². The number of benzene rings is 2. The molecule has 0 atom stereocenters. The van der Waals surface area contributed by atoms with Crippen molar-refractivity contribution in [1.82, 2.24) is 24.9 Å². The minimum atomic E-state index is -0.117. The molecule has 0 unspecified atom stereocenters. The van der Waals surface area contributed by atoms with E-state index in [2.05, 4.69) is 20.4 Å². The molecule has 2 aromatic heterocycles. The zero-order chi connectivity index (χ0) is 22.7. The Labute approximate surface area is 200 Å². The smallest absolute Gasteiger partial charge is 0.253 e. The summed E-state index contributed by atoms with van der Waals surface area (Å²) in [5, 5.41) is 9.29. The van der Waals surface area contributed by atoms with Crippen molar-refractivity contribution in [3.05, 3.63) is 86.7 Å². The van der Waals surface area contributed by atoms with E-state index in [4.69, 9.17) is 23.2 Å². The van der Waals surface area contributed by atoms with Crippen molar-refractivity contribution in [3.8, 4) is 0 Å². The molecule has 0 fully saturated rings. The first-order chi connectivity index (χ1) is 15.4. The van der Waals surface area contributed by atoms with Gasteiger partial charge in [-0.1, -0.05) is 71.4 Å². The average Bonchev–Trinajstić information content (AvgIpc) is 3.19. The lowest BCUT2D eigenvalue weighted by molar-refractivity contribution is -0.118. The van der Waals surface area contributed by atoms with Crippen LogP contribution in [0.15, 0.2) is 53.7 Å². The summed E-state index contributed by atoms with van der Waals surface area (Å²) < 4.78 is 1.73. The van der Waals surface area contributed by atoms with Crippen molar-refractivity contribution in [2.45, 2.75) is 32.0 Å². The third-order valence-electron chi connectivity index (χ3n) is 5.12. The molecule has 2 aromatic carbocycles. The maximum absolute atomic E-state index is 12.3. The van der Waals surface area contributed by atoms with Gasteiger partial charge < -0.3 is 5.32 Å². The Balaban J connectivity index is 1.45. The molecule has 2 heterocycles. The van der Waals surface area contributed by atoms with Crippen molar-refractivity contribution in [3.63, 3.8) is 0 Å². The quantitative estimate of drug-likeness (QED) is 0.371. The lowest BCUT2D eigenvalue weighted by Crippen LogP contribution is -2.24. The Bertz CT molecular complexity index is 1290. The predicted octanol–water partition coefficient (Wildman–Crippen LogP) is 5.05. The Morgan fingerprint density at radius 2 is 1.66 bits per heavy atom. The second-order valence-corrected chi connectivity index (χ2v) is 9.05. The van der Waals surface area contributed by atoms with Crippen LogP contribution in [0.4, 0.5) is 0 Å². The van der Waals surface area contributed by atoms with Gasteiger partial charge in [0, 0.05) is 34.4 Å². The van der Waals surface area contributed by atoms with Gasteiger partial charge in [-0.2, -0.15) is 4.98 Å². The molecule has 0 radical (unpaired) electrons. The topological polar surface area (TPSA) is 72.2 Å². The normalized spacial score (nSPS) is 11.1.